The second-order valence-electron chi connectivity index (χ2n) is 8.60. The Morgan fingerprint density at radius 1 is 1.09 bits per heavy atom. The monoisotopic (exact) mass is 526 g/mol. The van der Waals surface area contributed by atoms with E-state index in [9.17, 15) is 10.0 Å². The first-order valence-corrected chi connectivity index (χ1v) is 12.3. The van der Waals surface area contributed by atoms with Gasteiger partial charge in [-0.3, -0.25) is 14.7 Å². The van der Waals surface area contributed by atoms with E-state index in [1.54, 1.807) is 12.1 Å². The molecule has 6 nitrogen and oxygen atoms in total. The first kappa shape index (κ1) is 22.3. The summed E-state index contributed by atoms with van der Waals surface area (Å²) in [4.78, 5) is 22.1. The van der Waals surface area contributed by atoms with E-state index in [-0.39, 0.29) is 11.9 Å². The van der Waals surface area contributed by atoms with Crippen molar-refractivity contribution < 1.29 is 9.52 Å². The molecule has 33 heavy (non-hydrogen) atoms. The molecule has 170 valence electrons. The van der Waals surface area contributed by atoms with Crippen molar-refractivity contribution in [1.29, 1.82) is 0 Å². The van der Waals surface area contributed by atoms with Gasteiger partial charge in [0.1, 0.15) is 0 Å². The Labute approximate surface area is 206 Å². The van der Waals surface area contributed by atoms with Crippen LogP contribution < -0.4 is 4.73 Å². The van der Waals surface area contributed by atoms with Crippen LogP contribution in [0.4, 0.5) is 0 Å². The maximum Gasteiger partial charge on any atom is 0.227 e. The van der Waals surface area contributed by atoms with Gasteiger partial charge in [-0.2, -0.15) is 4.73 Å². The summed E-state index contributed by atoms with van der Waals surface area (Å²) in [6.07, 6.45) is 6.89. The number of halogens is 2. The normalized spacial score (nSPS) is 18.4. The molecule has 0 unspecified atom stereocenters. The van der Waals surface area contributed by atoms with E-state index in [1.807, 2.05) is 17.2 Å². The highest BCUT2D eigenvalue weighted by Crippen LogP contribution is 2.38. The molecule has 1 aliphatic carbocycles. The topological polar surface area (TPSA) is 63.4 Å². The summed E-state index contributed by atoms with van der Waals surface area (Å²) >= 11 is 9.90. The third kappa shape index (κ3) is 4.76. The van der Waals surface area contributed by atoms with E-state index in [4.69, 9.17) is 16.6 Å². The number of rotatable bonds is 3. The van der Waals surface area contributed by atoms with Crippen molar-refractivity contribution in [3.63, 3.8) is 0 Å². The van der Waals surface area contributed by atoms with Crippen molar-refractivity contribution >= 4 is 33.4 Å². The van der Waals surface area contributed by atoms with Crippen LogP contribution in [0, 0.1) is 5.21 Å². The van der Waals surface area contributed by atoms with Gasteiger partial charge in [0, 0.05) is 54.0 Å². The minimum absolute atomic E-state index is 0.0433. The Hall–Kier alpha value is -2.48. The van der Waals surface area contributed by atoms with Crippen molar-refractivity contribution in [1.82, 2.24) is 14.8 Å². The largest absolute Gasteiger partial charge is 0.619 e. The molecule has 3 aromatic rings. The lowest BCUT2D eigenvalue weighted by Gasteiger charge is -2.40. The zero-order valence-corrected chi connectivity index (χ0v) is 20.4. The van der Waals surface area contributed by atoms with Crippen LogP contribution in [0.15, 0.2) is 59.5 Å². The Kier molecular flexibility index (Phi) is 6.36. The fourth-order valence-corrected chi connectivity index (χ4v) is 5.43. The number of nitrogens with zero attached hydrogens (tertiary/aromatic N) is 4. The van der Waals surface area contributed by atoms with Crippen LogP contribution in [0.1, 0.15) is 34.0 Å². The van der Waals surface area contributed by atoms with Crippen LogP contribution >= 0.6 is 27.5 Å². The molecule has 0 bridgehead atoms. The highest BCUT2D eigenvalue weighted by atomic mass is 79.9. The molecule has 1 saturated heterocycles. The van der Waals surface area contributed by atoms with Crippen molar-refractivity contribution in [2.75, 3.05) is 26.2 Å². The van der Waals surface area contributed by atoms with Crippen molar-refractivity contribution in [3.8, 4) is 0 Å². The maximum absolute atomic E-state index is 12.9. The van der Waals surface area contributed by atoms with Crippen molar-refractivity contribution in [2.24, 2.45) is 0 Å². The molecule has 0 saturated carbocycles. The summed E-state index contributed by atoms with van der Waals surface area (Å²) in [7, 11) is 0. The second-order valence-corrected chi connectivity index (χ2v) is 9.96. The molecule has 1 amide bonds. The fraction of sp³-hybridized carbons (Fsp3) is 0.320. The van der Waals surface area contributed by atoms with E-state index in [2.05, 4.69) is 39.0 Å². The summed E-state index contributed by atoms with van der Waals surface area (Å²) in [5.74, 6) is 0.0915. The summed E-state index contributed by atoms with van der Waals surface area (Å²) < 4.78 is 1.72. The lowest BCUT2D eigenvalue weighted by atomic mass is 9.96. The van der Waals surface area contributed by atoms with Gasteiger partial charge in [-0.05, 0) is 69.2 Å². The SMILES string of the molecule is O=C(Cc1cc[n+]([O-])cc1)N1CCN([C@H]2c3ccc(Cl)cc3CCc3cc(Br)cnc32)CC1. The van der Waals surface area contributed by atoms with Crippen LogP contribution in [0.5, 0.6) is 0 Å². The lowest BCUT2D eigenvalue weighted by molar-refractivity contribution is -0.605. The predicted molar refractivity (Wildman–Crippen MR) is 130 cm³/mol. The molecule has 1 aromatic carbocycles. The van der Waals surface area contributed by atoms with Gasteiger partial charge < -0.3 is 10.1 Å². The molecular formula is C25H24BrClN4O2. The fourth-order valence-electron chi connectivity index (χ4n) is 4.86. The standard InChI is InChI=1S/C25H24BrClN4O2/c26-20-14-19-2-1-18-15-21(27)3-4-22(18)25(24(19)28-16-20)30-11-9-29(10-12-30)23(32)13-17-5-7-31(33)8-6-17/h3-8,14-16,25H,1-2,9-13H2/t25-/m0/s1. The quantitative estimate of drug-likeness (QED) is 0.385. The molecule has 1 fully saturated rings. The number of aromatic nitrogens is 2. The smallest absolute Gasteiger partial charge is 0.227 e. The minimum atomic E-state index is 0.0433. The molecule has 8 heteroatoms. The number of pyridine rings is 2. The number of carbonyl (C=O) groups excluding carboxylic acids is 1. The molecule has 1 atom stereocenters. The van der Waals surface area contributed by atoms with Crippen LogP contribution in [-0.2, 0) is 24.1 Å². The van der Waals surface area contributed by atoms with E-state index >= 15 is 0 Å². The molecule has 3 heterocycles. The van der Waals surface area contributed by atoms with Gasteiger partial charge in [-0.1, -0.05) is 17.7 Å². The van der Waals surface area contributed by atoms with Gasteiger partial charge in [-0.25, -0.2) is 0 Å². The number of aryl methyl sites for hydroxylation is 2. The minimum Gasteiger partial charge on any atom is -0.619 e. The first-order valence-electron chi connectivity index (χ1n) is 11.1. The molecule has 0 radical (unpaired) electrons. The summed E-state index contributed by atoms with van der Waals surface area (Å²) in [6, 6.07) is 11.8. The molecule has 0 N–H and O–H groups in total. The van der Waals surface area contributed by atoms with Crippen LogP contribution in [0.2, 0.25) is 5.02 Å². The zero-order chi connectivity index (χ0) is 22.9. The third-order valence-corrected chi connectivity index (χ3v) is 7.22. The third-order valence-electron chi connectivity index (χ3n) is 6.55. The van der Waals surface area contributed by atoms with Gasteiger partial charge in [0.25, 0.3) is 0 Å². The number of fused-ring (bicyclic) bond motifs is 2. The second kappa shape index (κ2) is 9.41. The van der Waals surface area contributed by atoms with Crippen LogP contribution in [-0.4, -0.2) is 46.9 Å². The van der Waals surface area contributed by atoms with E-state index in [0.29, 0.717) is 19.5 Å². The van der Waals surface area contributed by atoms with Crippen molar-refractivity contribution in [2.45, 2.75) is 25.3 Å². The number of hydrogen-bond acceptors (Lipinski definition) is 4. The summed E-state index contributed by atoms with van der Waals surface area (Å²) in [5, 5.41) is 12.0. The number of amides is 1. The number of benzene rings is 1. The van der Waals surface area contributed by atoms with Gasteiger partial charge in [0.05, 0.1) is 18.2 Å². The molecular weight excluding hydrogens is 504 g/mol. The van der Waals surface area contributed by atoms with Gasteiger partial charge in [0.2, 0.25) is 5.91 Å². The summed E-state index contributed by atoms with van der Waals surface area (Å²) in [6.45, 7) is 2.87. The molecule has 0 spiro atoms. The van der Waals surface area contributed by atoms with Gasteiger partial charge in [-0.15, -0.1) is 0 Å². The number of piperazine rings is 1. The average Bonchev–Trinajstić information content (AvgIpc) is 2.97. The zero-order valence-electron chi connectivity index (χ0n) is 18.1. The molecule has 5 rings (SSSR count). The van der Waals surface area contributed by atoms with Gasteiger partial charge >= 0.3 is 0 Å². The first-order chi connectivity index (χ1) is 16.0. The highest BCUT2D eigenvalue weighted by Gasteiger charge is 2.33. The maximum atomic E-state index is 12.9. The Bertz CT molecular complexity index is 1130. The molecule has 1 aliphatic heterocycles. The van der Waals surface area contributed by atoms with Crippen LogP contribution in [0.25, 0.3) is 0 Å². The van der Waals surface area contributed by atoms with Crippen LogP contribution in [0.3, 0.4) is 0 Å². The summed E-state index contributed by atoms with van der Waals surface area (Å²) in [5.41, 5.74) is 5.71. The average molecular weight is 528 g/mol. The Morgan fingerprint density at radius 2 is 1.82 bits per heavy atom. The van der Waals surface area contributed by atoms with E-state index in [1.165, 1.54) is 29.1 Å². The van der Waals surface area contributed by atoms with E-state index < -0.39 is 0 Å². The van der Waals surface area contributed by atoms with E-state index in [0.717, 1.165) is 51.4 Å². The lowest BCUT2D eigenvalue weighted by Crippen LogP contribution is -2.50. The molecule has 2 aliphatic rings. The predicted octanol–water partition coefficient (Wildman–Crippen LogP) is 3.71. The highest BCUT2D eigenvalue weighted by molar-refractivity contribution is 9.10. The number of carbonyl (C=O) groups is 1. The Balaban J connectivity index is 1.36. The van der Waals surface area contributed by atoms with Gasteiger partial charge in [0.15, 0.2) is 12.4 Å². The van der Waals surface area contributed by atoms with Crippen molar-refractivity contribution in [3.05, 3.63) is 97.6 Å². The number of hydrogen-bond donors (Lipinski definition) is 0. The Morgan fingerprint density at radius 3 is 2.58 bits per heavy atom. The molecule has 2 aromatic heterocycles.